The third kappa shape index (κ3) is 4.69. The number of hydrogen-bond acceptors (Lipinski definition) is 4. The van der Waals surface area contributed by atoms with Gasteiger partial charge < -0.3 is 25.8 Å². The van der Waals surface area contributed by atoms with Crippen molar-refractivity contribution in [3.05, 3.63) is 0 Å². The van der Waals surface area contributed by atoms with Crippen molar-refractivity contribution < 1.29 is 24.2 Å². The highest BCUT2D eigenvalue weighted by Gasteiger charge is 2.30. The minimum atomic E-state index is -1.19. The first kappa shape index (κ1) is 16.2. The quantitative estimate of drug-likeness (QED) is 0.630. The summed E-state index contributed by atoms with van der Waals surface area (Å²) in [5.74, 6) is -1.78. The zero-order valence-electron chi connectivity index (χ0n) is 11.7. The van der Waals surface area contributed by atoms with E-state index in [9.17, 15) is 14.4 Å². The van der Waals surface area contributed by atoms with E-state index in [4.69, 9.17) is 15.6 Å². The second kappa shape index (κ2) is 7.09. The number of rotatable bonds is 5. The lowest BCUT2D eigenvalue weighted by atomic mass is 10.1. The minimum absolute atomic E-state index is 0.0231. The van der Waals surface area contributed by atoms with Gasteiger partial charge in [-0.1, -0.05) is 0 Å². The summed E-state index contributed by atoms with van der Waals surface area (Å²) in [5, 5.41) is 11.5. The topological polar surface area (TPSA) is 122 Å². The Labute approximate surface area is 117 Å². The molecule has 1 aliphatic rings. The first-order valence-electron chi connectivity index (χ1n) is 6.51. The molecule has 0 spiro atoms. The number of morpholine rings is 1. The summed E-state index contributed by atoms with van der Waals surface area (Å²) in [7, 11) is 0. The van der Waals surface area contributed by atoms with Gasteiger partial charge in [-0.3, -0.25) is 4.79 Å². The van der Waals surface area contributed by atoms with E-state index in [2.05, 4.69) is 5.32 Å². The lowest BCUT2D eigenvalue weighted by Gasteiger charge is -2.37. The Morgan fingerprint density at radius 1 is 1.45 bits per heavy atom. The normalized spacial score (nSPS) is 24.0. The number of amides is 3. The number of nitrogens with two attached hydrogens (primary N) is 1. The Morgan fingerprint density at radius 3 is 2.65 bits per heavy atom. The number of carboxylic acid groups (broad SMARTS) is 1. The summed E-state index contributed by atoms with van der Waals surface area (Å²) >= 11 is 0. The lowest BCUT2D eigenvalue weighted by Crippen LogP contribution is -2.56. The SMILES string of the molecule is CC1CN(C(=O)NC(CCC(N)=O)C(=O)O)C(C)CO1. The lowest BCUT2D eigenvalue weighted by molar-refractivity contribution is -0.139. The molecule has 114 valence electrons. The van der Waals surface area contributed by atoms with Gasteiger partial charge in [0.05, 0.1) is 18.8 Å². The summed E-state index contributed by atoms with van der Waals surface area (Å²) in [4.78, 5) is 35.4. The zero-order valence-corrected chi connectivity index (χ0v) is 11.7. The number of hydrogen-bond donors (Lipinski definition) is 3. The number of nitrogens with one attached hydrogen (secondary N) is 1. The number of carbonyl (C=O) groups is 3. The Bertz CT molecular complexity index is 387. The van der Waals surface area contributed by atoms with Crippen LogP contribution in [0.3, 0.4) is 0 Å². The molecule has 1 heterocycles. The summed E-state index contributed by atoms with van der Waals surface area (Å²) in [5.41, 5.74) is 4.98. The van der Waals surface area contributed by atoms with E-state index >= 15 is 0 Å². The minimum Gasteiger partial charge on any atom is -0.480 e. The molecule has 1 saturated heterocycles. The molecule has 1 rings (SSSR count). The molecule has 1 fully saturated rings. The van der Waals surface area contributed by atoms with Gasteiger partial charge in [0.1, 0.15) is 6.04 Å². The Hall–Kier alpha value is -1.83. The van der Waals surface area contributed by atoms with Crippen LogP contribution in [0.5, 0.6) is 0 Å². The van der Waals surface area contributed by atoms with Gasteiger partial charge in [0.25, 0.3) is 0 Å². The molecule has 4 N–H and O–H groups in total. The molecule has 0 aliphatic carbocycles. The van der Waals surface area contributed by atoms with E-state index in [0.29, 0.717) is 13.2 Å². The Kier molecular flexibility index (Phi) is 5.75. The number of carboxylic acids is 1. The van der Waals surface area contributed by atoms with E-state index in [1.165, 1.54) is 4.90 Å². The number of carbonyl (C=O) groups excluding carboxylic acids is 2. The molecule has 3 amide bonds. The van der Waals surface area contributed by atoms with Crippen LogP contribution >= 0.6 is 0 Å². The third-order valence-electron chi connectivity index (χ3n) is 3.14. The van der Waals surface area contributed by atoms with Crippen LogP contribution in [-0.2, 0) is 14.3 Å². The number of aliphatic carboxylic acids is 1. The van der Waals surface area contributed by atoms with Crippen molar-refractivity contribution >= 4 is 17.9 Å². The predicted molar refractivity (Wildman–Crippen MR) is 70.0 cm³/mol. The Balaban J connectivity index is 2.60. The molecule has 8 nitrogen and oxygen atoms in total. The van der Waals surface area contributed by atoms with Crippen molar-refractivity contribution in [2.45, 2.75) is 44.9 Å². The van der Waals surface area contributed by atoms with E-state index in [-0.39, 0.29) is 25.0 Å². The maximum Gasteiger partial charge on any atom is 0.326 e. The number of urea groups is 1. The zero-order chi connectivity index (χ0) is 15.3. The highest BCUT2D eigenvalue weighted by Crippen LogP contribution is 2.12. The molecule has 3 unspecified atom stereocenters. The van der Waals surface area contributed by atoms with Crippen molar-refractivity contribution in [1.82, 2.24) is 10.2 Å². The molecule has 0 radical (unpaired) electrons. The van der Waals surface area contributed by atoms with Crippen molar-refractivity contribution in [3.8, 4) is 0 Å². The molecule has 0 aromatic rings. The molecule has 0 saturated carbocycles. The molecule has 1 aliphatic heterocycles. The molecular formula is C12H21N3O5. The monoisotopic (exact) mass is 287 g/mol. The van der Waals surface area contributed by atoms with Gasteiger partial charge in [-0.25, -0.2) is 9.59 Å². The van der Waals surface area contributed by atoms with Crippen LogP contribution in [0.4, 0.5) is 4.79 Å². The summed E-state index contributed by atoms with van der Waals surface area (Å²) in [6.45, 7) is 4.47. The van der Waals surface area contributed by atoms with Crippen LogP contribution in [0.15, 0.2) is 0 Å². The number of ether oxygens (including phenoxy) is 1. The van der Waals surface area contributed by atoms with Crippen LogP contribution in [0.25, 0.3) is 0 Å². The third-order valence-corrected chi connectivity index (χ3v) is 3.14. The van der Waals surface area contributed by atoms with Crippen LogP contribution < -0.4 is 11.1 Å². The molecule has 20 heavy (non-hydrogen) atoms. The molecular weight excluding hydrogens is 266 g/mol. The van der Waals surface area contributed by atoms with E-state index < -0.39 is 23.9 Å². The molecule has 3 atom stereocenters. The van der Waals surface area contributed by atoms with Crippen molar-refractivity contribution in [2.75, 3.05) is 13.2 Å². The fourth-order valence-electron chi connectivity index (χ4n) is 1.96. The first-order chi connectivity index (χ1) is 9.31. The van der Waals surface area contributed by atoms with Crippen molar-refractivity contribution in [3.63, 3.8) is 0 Å². The van der Waals surface area contributed by atoms with Gasteiger partial charge in [0, 0.05) is 13.0 Å². The van der Waals surface area contributed by atoms with Gasteiger partial charge in [0.2, 0.25) is 5.91 Å². The number of nitrogens with zero attached hydrogens (tertiary/aromatic N) is 1. The summed E-state index contributed by atoms with van der Waals surface area (Å²) in [6.07, 6.45) is -0.206. The molecule has 0 bridgehead atoms. The van der Waals surface area contributed by atoms with Crippen molar-refractivity contribution in [1.29, 1.82) is 0 Å². The molecule has 0 aromatic carbocycles. The van der Waals surface area contributed by atoms with Gasteiger partial charge >= 0.3 is 12.0 Å². The maximum absolute atomic E-state index is 12.1. The van der Waals surface area contributed by atoms with Crippen LogP contribution in [0.1, 0.15) is 26.7 Å². The van der Waals surface area contributed by atoms with Crippen LogP contribution in [0, 0.1) is 0 Å². The average Bonchev–Trinajstić information content (AvgIpc) is 2.36. The summed E-state index contributed by atoms with van der Waals surface area (Å²) in [6, 6.07) is -1.72. The van der Waals surface area contributed by atoms with Gasteiger partial charge in [-0.05, 0) is 20.3 Å². The first-order valence-corrected chi connectivity index (χ1v) is 6.51. The highest BCUT2D eigenvalue weighted by molar-refractivity contribution is 5.83. The molecule has 8 heteroatoms. The van der Waals surface area contributed by atoms with Gasteiger partial charge in [-0.2, -0.15) is 0 Å². The van der Waals surface area contributed by atoms with E-state index in [0.717, 1.165) is 0 Å². The maximum atomic E-state index is 12.1. The summed E-state index contributed by atoms with van der Waals surface area (Å²) < 4.78 is 5.40. The Morgan fingerprint density at radius 2 is 2.10 bits per heavy atom. The standard InChI is InChI=1S/C12H21N3O5/c1-7-6-20-8(2)5-15(7)12(19)14-9(11(17)18)3-4-10(13)16/h7-9H,3-6H2,1-2H3,(H2,13,16)(H,14,19)(H,17,18). The number of primary amides is 1. The van der Waals surface area contributed by atoms with E-state index in [1.807, 2.05) is 13.8 Å². The van der Waals surface area contributed by atoms with E-state index in [1.54, 1.807) is 0 Å². The average molecular weight is 287 g/mol. The van der Waals surface area contributed by atoms with Gasteiger partial charge in [-0.15, -0.1) is 0 Å². The van der Waals surface area contributed by atoms with Crippen LogP contribution in [-0.4, -0.2) is 59.3 Å². The highest BCUT2D eigenvalue weighted by atomic mass is 16.5. The van der Waals surface area contributed by atoms with Crippen LogP contribution in [0.2, 0.25) is 0 Å². The molecule has 0 aromatic heterocycles. The van der Waals surface area contributed by atoms with Gasteiger partial charge in [0.15, 0.2) is 0 Å². The largest absolute Gasteiger partial charge is 0.480 e. The fourth-order valence-corrected chi connectivity index (χ4v) is 1.96. The predicted octanol–water partition coefficient (Wildman–Crippen LogP) is -0.476. The van der Waals surface area contributed by atoms with Crippen molar-refractivity contribution in [2.24, 2.45) is 5.73 Å². The second-order valence-corrected chi connectivity index (χ2v) is 4.99. The smallest absolute Gasteiger partial charge is 0.326 e. The second-order valence-electron chi connectivity index (χ2n) is 4.99. The fraction of sp³-hybridized carbons (Fsp3) is 0.750.